The monoisotopic (exact) mass is 217 g/mol. The highest BCUT2D eigenvalue weighted by molar-refractivity contribution is 5.77. The minimum absolute atomic E-state index is 0.219. The number of piperidine rings is 1. The van der Waals surface area contributed by atoms with E-state index in [1.54, 1.807) is 0 Å². The number of nitrogens with one attached hydrogen (secondary N) is 1. The highest BCUT2D eigenvalue weighted by atomic mass is 16.1. The van der Waals surface area contributed by atoms with Crippen LogP contribution >= 0.6 is 0 Å². The van der Waals surface area contributed by atoms with Crippen molar-refractivity contribution in [3.8, 4) is 0 Å². The van der Waals surface area contributed by atoms with Crippen molar-refractivity contribution in [3.05, 3.63) is 35.9 Å². The van der Waals surface area contributed by atoms with Crippen molar-refractivity contribution < 1.29 is 4.79 Å². The maximum absolute atomic E-state index is 11.4. The van der Waals surface area contributed by atoms with Gasteiger partial charge in [-0.2, -0.15) is 0 Å². The molecule has 0 bridgehead atoms. The van der Waals surface area contributed by atoms with Gasteiger partial charge in [-0.1, -0.05) is 37.3 Å². The van der Waals surface area contributed by atoms with Gasteiger partial charge in [0.05, 0.1) is 0 Å². The first-order chi connectivity index (χ1) is 7.74. The van der Waals surface area contributed by atoms with Gasteiger partial charge >= 0.3 is 0 Å². The van der Waals surface area contributed by atoms with Crippen LogP contribution < -0.4 is 5.32 Å². The molecule has 1 aromatic carbocycles. The highest BCUT2D eigenvalue weighted by Crippen LogP contribution is 2.19. The average molecular weight is 217 g/mol. The maximum Gasteiger partial charge on any atom is 0.220 e. The topological polar surface area (TPSA) is 29.1 Å². The number of hydrogen-bond donors (Lipinski definition) is 1. The van der Waals surface area contributed by atoms with Gasteiger partial charge < -0.3 is 5.32 Å². The fraction of sp³-hybridized carbons (Fsp3) is 0.500. The Balaban J connectivity index is 1.84. The van der Waals surface area contributed by atoms with Gasteiger partial charge in [-0.25, -0.2) is 0 Å². The maximum atomic E-state index is 11.4. The minimum Gasteiger partial charge on any atom is -0.353 e. The summed E-state index contributed by atoms with van der Waals surface area (Å²) >= 11 is 0. The summed E-state index contributed by atoms with van der Waals surface area (Å²) in [4.78, 5) is 11.4. The Morgan fingerprint density at radius 2 is 2.06 bits per heavy atom. The van der Waals surface area contributed by atoms with Crippen LogP contribution in [-0.4, -0.2) is 11.9 Å². The minimum atomic E-state index is 0.219. The largest absolute Gasteiger partial charge is 0.353 e. The molecule has 2 nitrogen and oxygen atoms in total. The molecule has 1 fully saturated rings. The van der Waals surface area contributed by atoms with E-state index in [0.717, 1.165) is 19.3 Å². The van der Waals surface area contributed by atoms with Crippen molar-refractivity contribution in [2.45, 2.75) is 38.6 Å². The number of benzene rings is 1. The van der Waals surface area contributed by atoms with Crippen LogP contribution in [0.25, 0.3) is 0 Å². The van der Waals surface area contributed by atoms with Crippen LogP contribution in [0.4, 0.5) is 0 Å². The molecule has 0 spiro atoms. The first-order valence-electron chi connectivity index (χ1n) is 6.07. The van der Waals surface area contributed by atoms with Gasteiger partial charge in [0.25, 0.3) is 0 Å². The van der Waals surface area contributed by atoms with Gasteiger partial charge in [0.1, 0.15) is 0 Å². The van der Waals surface area contributed by atoms with Gasteiger partial charge in [0, 0.05) is 12.5 Å². The van der Waals surface area contributed by atoms with Crippen LogP contribution in [0, 0.1) is 5.92 Å². The number of hydrogen-bond acceptors (Lipinski definition) is 1. The molecule has 1 saturated heterocycles. The van der Waals surface area contributed by atoms with Crippen LogP contribution in [0.2, 0.25) is 0 Å². The molecule has 1 amide bonds. The van der Waals surface area contributed by atoms with E-state index in [1.807, 2.05) is 6.07 Å². The third-order valence-corrected chi connectivity index (χ3v) is 3.21. The molecule has 1 aliphatic heterocycles. The first-order valence-corrected chi connectivity index (χ1v) is 6.07. The van der Waals surface area contributed by atoms with Crippen LogP contribution in [0.3, 0.4) is 0 Å². The number of amides is 1. The Labute approximate surface area is 97.1 Å². The number of carbonyl (C=O) groups is 1. The van der Waals surface area contributed by atoms with Crippen molar-refractivity contribution in [1.82, 2.24) is 5.32 Å². The standard InChI is InChI=1S/C14H19NO/c1-11-9-13(15-14(16)10-11)8-7-12-5-3-2-4-6-12/h2-6,11,13H,7-10H2,1H3,(H,15,16). The van der Waals surface area contributed by atoms with E-state index >= 15 is 0 Å². The number of aryl methyl sites for hydroxylation is 1. The second-order valence-corrected chi connectivity index (χ2v) is 4.83. The number of rotatable bonds is 3. The Hall–Kier alpha value is -1.31. The van der Waals surface area contributed by atoms with Crippen molar-refractivity contribution in [2.24, 2.45) is 5.92 Å². The lowest BCUT2D eigenvalue weighted by Crippen LogP contribution is -2.41. The fourth-order valence-electron chi connectivity index (χ4n) is 2.41. The zero-order valence-electron chi connectivity index (χ0n) is 9.78. The van der Waals surface area contributed by atoms with Crippen molar-refractivity contribution in [1.29, 1.82) is 0 Å². The molecule has 0 aliphatic carbocycles. The van der Waals surface area contributed by atoms with Crippen LogP contribution in [0.5, 0.6) is 0 Å². The lowest BCUT2D eigenvalue weighted by atomic mass is 9.90. The summed E-state index contributed by atoms with van der Waals surface area (Å²) in [6.07, 6.45) is 3.93. The summed E-state index contributed by atoms with van der Waals surface area (Å²) in [5, 5.41) is 3.08. The second kappa shape index (κ2) is 5.15. The van der Waals surface area contributed by atoms with E-state index in [-0.39, 0.29) is 5.91 Å². The molecule has 86 valence electrons. The second-order valence-electron chi connectivity index (χ2n) is 4.83. The zero-order valence-corrected chi connectivity index (χ0v) is 9.78. The third kappa shape index (κ3) is 3.09. The van der Waals surface area contributed by atoms with Crippen molar-refractivity contribution >= 4 is 5.91 Å². The lowest BCUT2D eigenvalue weighted by molar-refractivity contribution is -0.124. The summed E-state index contributed by atoms with van der Waals surface area (Å²) in [7, 11) is 0. The predicted molar refractivity (Wildman–Crippen MR) is 65.1 cm³/mol. The van der Waals surface area contributed by atoms with E-state index in [0.29, 0.717) is 18.4 Å². The molecule has 0 saturated carbocycles. The van der Waals surface area contributed by atoms with E-state index < -0.39 is 0 Å². The van der Waals surface area contributed by atoms with E-state index in [1.165, 1.54) is 5.56 Å². The SMILES string of the molecule is CC1CC(=O)NC(CCc2ccccc2)C1. The molecule has 2 rings (SSSR count). The Morgan fingerprint density at radius 3 is 2.75 bits per heavy atom. The normalized spacial score (nSPS) is 25.2. The average Bonchev–Trinajstić information content (AvgIpc) is 2.27. The van der Waals surface area contributed by atoms with Gasteiger partial charge in [0.2, 0.25) is 5.91 Å². The van der Waals surface area contributed by atoms with Crippen LogP contribution in [0.15, 0.2) is 30.3 Å². The summed E-state index contributed by atoms with van der Waals surface area (Å²) in [5.41, 5.74) is 1.36. The lowest BCUT2D eigenvalue weighted by Gasteiger charge is -2.27. The molecule has 1 N–H and O–H groups in total. The number of carbonyl (C=O) groups excluding carboxylic acids is 1. The molecular weight excluding hydrogens is 198 g/mol. The predicted octanol–water partition coefficient (Wildman–Crippen LogP) is 2.53. The smallest absolute Gasteiger partial charge is 0.220 e. The van der Waals surface area contributed by atoms with Crippen LogP contribution in [0.1, 0.15) is 31.7 Å². The van der Waals surface area contributed by atoms with Crippen LogP contribution in [-0.2, 0) is 11.2 Å². The van der Waals surface area contributed by atoms with Gasteiger partial charge in [-0.3, -0.25) is 4.79 Å². The third-order valence-electron chi connectivity index (χ3n) is 3.21. The van der Waals surface area contributed by atoms with Crippen molar-refractivity contribution in [2.75, 3.05) is 0 Å². The quantitative estimate of drug-likeness (QED) is 0.828. The molecule has 2 heteroatoms. The van der Waals surface area contributed by atoms with Gasteiger partial charge in [-0.05, 0) is 30.7 Å². The van der Waals surface area contributed by atoms with E-state index in [4.69, 9.17) is 0 Å². The molecule has 1 aromatic rings. The molecule has 1 heterocycles. The van der Waals surface area contributed by atoms with E-state index in [2.05, 4.69) is 36.5 Å². The molecular formula is C14H19NO. The fourth-order valence-corrected chi connectivity index (χ4v) is 2.41. The summed E-state index contributed by atoms with van der Waals surface area (Å²) in [6, 6.07) is 10.8. The summed E-state index contributed by atoms with van der Waals surface area (Å²) in [6.45, 7) is 2.16. The zero-order chi connectivity index (χ0) is 11.4. The Morgan fingerprint density at radius 1 is 1.31 bits per heavy atom. The van der Waals surface area contributed by atoms with Gasteiger partial charge in [0.15, 0.2) is 0 Å². The molecule has 1 aliphatic rings. The first kappa shape index (κ1) is 11.2. The molecule has 2 atom stereocenters. The molecule has 2 unspecified atom stereocenters. The van der Waals surface area contributed by atoms with E-state index in [9.17, 15) is 4.79 Å². The van der Waals surface area contributed by atoms with Gasteiger partial charge in [-0.15, -0.1) is 0 Å². The molecule has 0 radical (unpaired) electrons. The summed E-state index contributed by atoms with van der Waals surface area (Å²) < 4.78 is 0. The Kier molecular flexibility index (Phi) is 3.60. The summed E-state index contributed by atoms with van der Waals surface area (Å²) in [5.74, 6) is 0.756. The Bertz CT molecular complexity index is 347. The van der Waals surface area contributed by atoms with Crippen molar-refractivity contribution in [3.63, 3.8) is 0 Å². The molecule has 0 aromatic heterocycles. The molecule has 16 heavy (non-hydrogen) atoms. The highest BCUT2D eigenvalue weighted by Gasteiger charge is 2.22.